The van der Waals surface area contributed by atoms with E-state index in [1.54, 1.807) is 4.57 Å². The number of nitrogens with one attached hydrogen (secondary N) is 1. The Morgan fingerprint density at radius 2 is 2.22 bits per heavy atom. The van der Waals surface area contributed by atoms with Gasteiger partial charge < -0.3 is 5.73 Å². The van der Waals surface area contributed by atoms with Crippen molar-refractivity contribution in [2.75, 3.05) is 0 Å². The zero-order valence-corrected chi connectivity index (χ0v) is 11.2. The average Bonchev–Trinajstić information content (AvgIpc) is 2.70. The van der Waals surface area contributed by atoms with Gasteiger partial charge in [-0.05, 0) is 37.2 Å². The van der Waals surface area contributed by atoms with E-state index in [-0.39, 0.29) is 11.7 Å². The molecule has 18 heavy (non-hydrogen) atoms. The minimum absolute atomic E-state index is 0.0468. The molecule has 1 atom stereocenters. The van der Waals surface area contributed by atoms with Crippen molar-refractivity contribution < 1.29 is 0 Å². The van der Waals surface area contributed by atoms with Crippen LogP contribution in [0.5, 0.6) is 0 Å². The third-order valence-electron chi connectivity index (χ3n) is 2.65. The van der Waals surface area contributed by atoms with Crippen LogP contribution in [0.1, 0.15) is 25.5 Å². The van der Waals surface area contributed by atoms with Gasteiger partial charge in [0.15, 0.2) is 5.16 Å². The Labute approximate surface area is 109 Å². The summed E-state index contributed by atoms with van der Waals surface area (Å²) in [6.07, 6.45) is 0. The highest BCUT2D eigenvalue weighted by Gasteiger charge is 2.12. The molecule has 0 amide bonds. The van der Waals surface area contributed by atoms with Crippen molar-refractivity contribution >= 4 is 11.8 Å². The molecule has 0 aliphatic carbocycles. The Kier molecular flexibility index (Phi) is 3.88. The number of nitrogens with two attached hydrogens (primary N) is 1. The van der Waals surface area contributed by atoms with E-state index in [4.69, 9.17) is 5.73 Å². The first-order chi connectivity index (χ1) is 8.63. The molecule has 6 heteroatoms. The van der Waals surface area contributed by atoms with E-state index >= 15 is 0 Å². The second kappa shape index (κ2) is 5.41. The summed E-state index contributed by atoms with van der Waals surface area (Å²) in [5.74, 6) is 0. The summed E-state index contributed by atoms with van der Waals surface area (Å²) >= 11 is 1.46. The quantitative estimate of drug-likeness (QED) is 0.882. The molecule has 1 aromatic carbocycles. The summed E-state index contributed by atoms with van der Waals surface area (Å²) in [7, 11) is 0. The Balaban J connectivity index is 2.37. The fourth-order valence-corrected chi connectivity index (χ4v) is 2.84. The van der Waals surface area contributed by atoms with Gasteiger partial charge >= 0.3 is 5.69 Å². The summed E-state index contributed by atoms with van der Waals surface area (Å²) < 4.78 is 1.60. The lowest BCUT2D eigenvalue weighted by atomic mass is 10.1. The Hall–Kier alpha value is -1.53. The lowest BCUT2D eigenvalue weighted by molar-refractivity contribution is 0.660. The van der Waals surface area contributed by atoms with Gasteiger partial charge in [0, 0.05) is 17.5 Å². The molecule has 0 radical (unpaired) electrons. The van der Waals surface area contributed by atoms with Gasteiger partial charge in [-0.15, -0.1) is 5.10 Å². The van der Waals surface area contributed by atoms with E-state index in [2.05, 4.69) is 10.2 Å². The molecule has 96 valence electrons. The van der Waals surface area contributed by atoms with Gasteiger partial charge in [-0.1, -0.05) is 18.2 Å². The molecule has 0 aliphatic heterocycles. The molecule has 2 aromatic rings. The van der Waals surface area contributed by atoms with Gasteiger partial charge in [0.05, 0.1) is 0 Å². The average molecular weight is 264 g/mol. The van der Waals surface area contributed by atoms with Crippen molar-refractivity contribution in [1.82, 2.24) is 14.8 Å². The molecular weight excluding hydrogens is 248 g/mol. The number of nitrogens with zero attached hydrogens (tertiary/aromatic N) is 2. The van der Waals surface area contributed by atoms with Crippen molar-refractivity contribution in [3.63, 3.8) is 0 Å². The van der Waals surface area contributed by atoms with E-state index in [1.807, 2.05) is 38.1 Å². The second-order valence-corrected chi connectivity index (χ2v) is 4.99. The number of hydrogen-bond donors (Lipinski definition) is 2. The van der Waals surface area contributed by atoms with Gasteiger partial charge in [-0.2, -0.15) is 0 Å². The van der Waals surface area contributed by atoms with Crippen LogP contribution in [0.3, 0.4) is 0 Å². The number of aromatic nitrogens is 3. The molecule has 0 fully saturated rings. The van der Waals surface area contributed by atoms with E-state index < -0.39 is 0 Å². The monoisotopic (exact) mass is 264 g/mol. The standard InChI is InChI=1S/C12H16N4OS/c1-3-16-11(17)14-15-12(16)18-10-7-5-4-6-9(10)8(2)13/h4-8H,3,13H2,1-2H3,(H,14,17)/t8-/m0/s1. The maximum absolute atomic E-state index is 11.5. The van der Waals surface area contributed by atoms with E-state index in [0.717, 1.165) is 10.5 Å². The van der Waals surface area contributed by atoms with Gasteiger partial charge in [0.25, 0.3) is 0 Å². The SMILES string of the molecule is CCn1c(Sc2ccccc2[C@H](C)N)n[nH]c1=O. The normalized spacial score (nSPS) is 12.6. The highest BCUT2D eigenvalue weighted by Crippen LogP contribution is 2.30. The second-order valence-electron chi connectivity index (χ2n) is 3.98. The Morgan fingerprint density at radius 1 is 1.50 bits per heavy atom. The van der Waals surface area contributed by atoms with Gasteiger partial charge in [-0.3, -0.25) is 4.57 Å². The van der Waals surface area contributed by atoms with Crippen LogP contribution in [-0.4, -0.2) is 14.8 Å². The Morgan fingerprint density at radius 3 is 2.89 bits per heavy atom. The van der Waals surface area contributed by atoms with Crippen molar-refractivity contribution in [2.45, 2.75) is 36.5 Å². The summed E-state index contributed by atoms with van der Waals surface area (Å²) in [5, 5.41) is 7.15. The zero-order chi connectivity index (χ0) is 13.1. The van der Waals surface area contributed by atoms with Crippen LogP contribution < -0.4 is 11.4 Å². The van der Waals surface area contributed by atoms with Gasteiger partial charge in [-0.25, -0.2) is 9.89 Å². The molecular formula is C12H16N4OS. The molecule has 0 saturated carbocycles. The van der Waals surface area contributed by atoms with E-state index in [9.17, 15) is 4.79 Å². The zero-order valence-electron chi connectivity index (χ0n) is 10.4. The lowest BCUT2D eigenvalue weighted by Crippen LogP contribution is -2.16. The van der Waals surface area contributed by atoms with Crippen LogP contribution in [0.15, 0.2) is 39.1 Å². The topological polar surface area (TPSA) is 76.7 Å². The first kappa shape index (κ1) is 12.9. The predicted molar refractivity (Wildman–Crippen MR) is 71.7 cm³/mol. The molecule has 0 unspecified atom stereocenters. The van der Waals surface area contributed by atoms with Crippen LogP contribution in [0.2, 0.25) is 0 Å². The predicted octanol–water partition coefficient (Wildman–Crippen LogP) is 1.76. The van der Waals surface area contributed by atoms with Crippen molar-refractivity contribution in [3.05, 3.63) is 40.3 Å². The van der Waals surface area contributed by atoms with Crippen LogP contribution in [0, 0.1) is 0 Å². The molecule has 3 N–H and O–H groups in total. The summed E-state index contributed by atoms with van der Waals surface area (Å²) in [4.78, 5) is 12.5. The third-order valence-corrected chi connectivity index (χ3v) is 3.74. The fraction of sp³-hybridized carbons (Fsp3) is 0.333. The summed E-state index contributed by atoms with van der Waals surface area (Å²) in [5.41, 5.74) is 6.81. The first-order valence-corrected chi connectivity index (χ1v) is 6.62. The largest absolute Gasteiger partial charge is 0.343 e. The van der Waals surface area contributed by atoms with Crippen molar-refractivity contribution in [3.8, 4) is 0 Å². The highest BCUT2D eigenvalue weighted by molar-refractivity contribution is 7.99. The highest BCUT2D eigenvalue weighted by atomic mass is 32.2. The third kappa shape index (κ3) is 2.49. The van der Waals surface area contributed by atoms with Gasteiger partial charge in [0.1, 0.15) is 0 Å². The van der Waals surface area contributed by atoms with Crippen LogP contribution in [0.4, 0.5) is 0 Å². The maximum atomic E-state index is 11.5. The summed E-state index contributed by atoms with van der Waals surface area (Å²) in [6.45, 7) is 4.45. The lowest BCUT2D eigenvalue weighted by Gasteiger charge is -2.11. The smallest absolute Gasteiger partial charge is 0.324 e. The van der Waals surface area contributed by atoms with E-state index in [0.29, 0.717) is 11.7 Å². The molecule has 1 aromatic heterocycles. The minimum atomic E-state index is -0.182. The first-order valence-electron chi connectivity index (χ1n) is 5.81. The van der Waals surface area contributed by atoms with Gasteiger partial charge in [0.2, 0.25) is 0 Å². The van der Waals surface area contributed by atoms with Crippen LogP contribution in [0.25, 0.3) is 0 Å². The Bertz CT molecular complexity index is 588. The molecule has 0 bridgehead atoms. The maximum Gasteiger partial charge on any atom is 0.343 e. The number of H-pyrrole nitrogens is 1. The molecule has 0 saturated heterocycles. The van der Waals surface area contributed by atoms with Crippen molar-refractivity contribution in [2.24, 2.45) is 5.73 Å². The summed E-state index contributed by atoms with van der Waals surface area (Å²) in [6, 6.07) is 7.85. The number of hydrogen-bond acceptors (Lipinski definition) is 4. The molecule has 0 aliphatic rings. The minimum Gasteiger partial charge on any atom is -0.324 e. The molecule has 0 spiro atoms. The van der Waals surface area contributed by atoms with Crippen LogP contribution in [-0.2, 0) is 6.54 Å². The molecule has 5 nitrogen and oxygen atoms in total. The number of rotatable bonds is 4. The fourth-order valence-electron chi connectivity index (χ4n) is 1.71. The number of benzene rings is 1. The molecule has 1 heterocycles. The van der Waals surface area contributed by atoms with E-state index in [1.165, 1.54) is 11.8 Å². The number of aromatic amines is 1. The van der Waals surface area contributed by atoms with Crippen molar-refractivity contribution in [1.29, 1.82) is 0 Å². The van der Waals surface area contributed by atoms with Crippen LogP contribution >= 0.6 is 11.8 Å². The molecule has 2 rings (SSSR count).